The Morgan fingerprint density at radius 1 is 1.26 bits per heavy atom. The summed E-state index contributed by atoms with van der Waals surface area (Å²) in [5, 5.41) is 13.3. The molecule has 1 aromatic rings. The average molecular weight is 402 g/mol. The van der Waals surface area contributed by atoms with E-state index in [2.05, 4.69) is 5.32 Å². The van der Waals surface area contributed by atoms with Crippen LogP contribution in [-0.2, 0) is 19.6 Å². The molecule has 2 amide bonds. The van der Waals surface area contributed by atoms with E-state index in [-0.39, 0.29) is 5.69 Å². The molecule has 0 aromatic heterocycles. The molecular weight excluding hydrogens is 389 g/mol. The number of sulfonamides is 1. The molecule has 1 aliphatic heterocycles. The molecule has 0 fully saturated rings. The van der Waals surface area contributed by atoms with E-state index in [0.717, 1.165) is 31.2 Å². The first-order valence-corrected chi connectivity index (χ1v) is 8.74. The third-order valence-electron chi connectivity index (χ3n) is 3.70. The van der Waals surface area contributed by atoms with Crippen molar-refractivity contribution in [2.24, 2.45) is 0 Å². The molecule has 8 nitrogen and oxygen atoms in total. The van der Waals surface area contributed by atoms with Gasteiger partial charge in [0.25, 0.3) is 5.91 Å². The van der Waals surface area contributed by atoms with E-state index in [1.807, 2.05) is 5.32 Å². The topological polar surface area (TPSA) is 128 Å². The summed E-state index contributed by atoms with van der Waals surface area (Å²) in [4.78, 5) is 22.4. The van der Waals surface area contributed by atoms with E-state index in [1.54, 1.807) is 0 Å². The summed E-state index contributed by atoms with van der Waals surface area (Å²) >= 11 is 0. The Hall–Kier alpha value is -2.91. The van der Waals surface area contributed by atoms with Crippen LogP contribution in [0.4, 0.5) is 18.9 Å². The lowest BCUT2D eigenvalue weighted by molar-refractivity contribution is -0.183. The van der Waals surface area contributed by atoms with Gasteiger partial charge in [0.05, 0.1) is 16.5 Å². The zero-order valence-electron chi connectivity index (χ0n) is 13.9. The van der Waals surface area contributed by atoms with E-state index in [4.69, 9.17) is 5.26 Å². The number of rotatable bonds is 4. The summed E-state index contributed by atoms with van der Waals surface area (Å²) < 4.78 is 67.4. The number of nitrogens with one attached hydrogen (secondary N) is 3. The summed E-state index contributed by atoms with van der Waals surface area (Å²) in [6.45, 7) is 2.27. The quantitative estimate of drug-likeness (QED) is 0.696. The summed E-state index contributed by atoms with van der Waals surface area (Å²) in [5.74, 6) is -2.15. The Balaban J connectivity index is 2.52. The summed E-state index contributed by atoms with van der Waals surface area (Å²) in [7, 11) is -4.86. The van der Waals surface area contributed by atoms with Crippen molar-refractivity contribution in [3.63, 3.8) is 0 Å². The number of carbonyl (C=O) groups excluding carboxylic acids is 2. The second kappa shape index (κ2) is 6.67. The van der Waals surface area contributed by atoms with E-state index in [0.29, 0.717) is 0 Å². The number of anilines is 1. The molecule has 12 heteroatoms. The number of halogens is 3. The van der Waals surface area contributed by atoms with Gasteiger partial charge in [0.1, 0.15) is 0 Å². The molecule has 0 radical (unpaired) electrons. The van der Waals surface area contributed by atoms with Crippen LogP contribution >= 0.6 is 0 Å². The van der Waals surface area contributed by atoms with Crippen LogP contribution in [0.2, 0.25) is 0 Å². The van der Waals surface area contributed by atoms with E-state index in [9.17, 15) is 31.2 Å². The lowest BCUT2D eigenvalue weighted by Crippen LogP contribution is -2.64. The lowest BCUT2D eigenvalue weighted by Gasteiger charge is -2.30. The highest BCUT2D eigenvalue weighted by molar-refractivity contribution is 7.89. The van der Waals surface area contributed by atoms with E-state index < -0.39 is 49.7 Å². The van der Waals surface area contributed by atoms with Gasteiger partial charge < -0.3 is 10.6 Å². The van der Waals surface area contributed by atoms with Gasteiger partial charge in [0, 0.05) is 18.3 Å². The van der Waals surface area contributed by atoms with Gasteiger partial charge >= 0.3 is 6.18 Å². The van der Waals surface area contributed by atoms with Crippen LogP contribution in [0.25, 0.3) is 0 Å². The number of benzene rings is 1. The van der Waals surface area contributed by atoms with Gasteiger partial charge in [0.2, 0.25) is 21.5 Å². The Labute approximate surface area is 152 Å². The van der Waals surface area contributed by atoms with Gasteiger partial charge in [-0.2, -0.15) is 23.2 Å². The normalized spacial score (nSPS) is 20.2. The fraction of sp³-hybridized carbons (Fsp3) is 0.267. The van der Waals surface area contributed by atoms with Gasteiger partial charge in [-0.1, -0.05) is 0 Å². The summed E-state index contributed by atoms with van der Waals surface area (Å²) in [5.41, 5.74) is -5.00. The lowest BCUT2D eigenvalue weighted by atomic mass is 9.92. The zero-order valence-corrected chi connectivity index (χ0v) is 14.7. The van der Waals surface area contributed by atoms with Crippen molar-refractivity contribution in [1.82, 2.24) is 10.0 Å². The van der Waals surface area contributed by atoms with E-state index in [1.165, 1.54) is 17.7 Å². The predicted octanol–water partition coefficient (Wildman–Crippen LogP) is 1.15. The number of amides is 2. The number of allylic oxidation sites excluding steroid dienone is 1. The molecule has 1 aliphatic rings. The molecule has 1 atom stereocenters. The fourth-order valence-corrected chi connectivity index (χ4v) is 3.82. The highest BCUT2D eigenvalue weighted by Gasteiger charge is 2.68. The summed E-state index contributed by atoms with van der Waals surface area (Å²) in [6, 6.07) is 5.48. The molecule has 27 heavy (non-hydrogen) atoms. The number of hydrogen-bond acceptors (Lipinski definition) is 5. The smallest absolute Gasteiger partial charge is 0.327 e. The van der Waals surface area contributed by atoms with Gasteiger partial charge in [-0.25, -0.2) is 8.42 Å². The second-order valence-electron chi connectivity index (χ2n) is 5.62. The molecule has 1 heterocycles. The Morgan fingerprint density at radius 3 is 2.26 bits per heavy atom. The van der Waals surface area contributed by atoms with Crippen LogP contribution in [0.5, 0.6) is 0 Å². The highest BCUT2D eigenvalue weighted by Crippen LogP contribution is 2.41. The monoisotopic (exact) mass is 402 g/mol. The van der Waals surface area contributed by atoms with Gasteiger partial charge in [-0.05, 0) is 31.2 Å². The highest BCUT2D eigenvalue weighted by atomic mass is 32.2. The molecule has 0 bridgehead atoms. The van der Waals surface area contributed by atoms with Gasteiger partial charge in [-0.3, -0.25) is 9.59 Å². The SMILES string of the molecule is CC(=O)Nc1ccc(S(=O)(=O)NC2(C(F)(F)F)C(=O)NC(C)=C2C#N)cc1. The molecule has 0 saturated carbocycles. The van der Waals surface area contributed by atoms with Crippen LogP contribution in [0.3, 0.4) is 0 Å². The van der Waals surface area contributed by atoms with Gasteiger partial charge in [-0.15, -0.1) is 0 Å². The second-order valence-corrected chi connectivity index (χ2v) is 7.31. The predicted molar refractivity (Wildman–Crippen MR) is 86.3 cm³/mol. The maximum Gasteiger partial charge on any atom is 0.421 e. The first-order chi connectivity index (χ1) is 12.3. The van der Waals surface area contributed by atoms with Gasteiger partial charge in [0.15, 0.2) is 0 Å². The van der Waals surface area contributed by atoms with Crippen molar-refractivity contribution >= 4 is 27.5 Å². The van der Waals surface area contributed by atoms with Crippen molar-refractivity contribution < 1.29 is 31.2 Å². The third kappa shape index (κ3) is 3.51. The molecule has 0 aliphatic carbocycles. The zero-order chi connectivity index (χ0) is 20.6. The van der Waals surface area contributed by atoms with Crippen LogP contribution in [-0.4, -0.2) is 31.9 Å². The molecular formula is C15H13F3N4O4S. The van der Waals surface area contributed by atoms with Crippen molar-refractivity contribution in [2.45, 2.75) is 30.5 Å². The average Bonchev–Trinajstić information content (AvgIpc) is 2.77. The molecule has 2 rings (SSSR count). The number of nitrogens with zero attached hydrogens (tertiary/aromatic N) is 1. The van der Waals surface area contributed by atoms with Crippen molar-refractivity contribution in [2.75, 3.05) is 5.32 Å². The molecule has 1 aromatic carbocycles. The standard InChI is InChI=1S/C15H13F3N4O4S/c1-8-12(7-19)14(13(24)20-8,15(16,17)18)22-27(25,26)11-5-3-10(4-6-11)21-9(2)23/h3-6,22H,1-2H3,(H,20,24)(H,21,23). The van der Waals surface area contributed by atoms with Crippen LogP contribution < -0.4 is 15.4 Å². The van der Waals surface area contributed by atoms with Crippen LogP contribution in [0.1, 0.15) is 13.8 Å². The number of nitriles is 1. The molecule has 0 spiro atoms. The minimum absolute atomic E-state index is 0.221. The Morgan fingerprint density at radius 2 is 1.81 bits per heavy atom. The third-order valence-corrected chi connectivity index (χ3v) is 5.17. The molecule has 144 valence electrons. The minimum atomic E-state index is -5.41. The molecule has 1 unspecified atom stereocenters. The largest absolute Gasteiger partial charge is 0.421 e. The first-order valence-electron chi connectivity index (χ1n) is 7.26. The molecule has 3 N–H and O–H groups in total. The van der Waals surface area contributed by atoms with Crippen molar-refractivity contribution in [1.29, 1.82) is 5.26 Å². The number of alkyl halides is 3. The molecule has 0 saturated heterocycles. The number of carbonyl (C=O) groups is 2. The minimum Gasteiger partial charge on any atom is -0.327 e. The van der Waals surface area contributed by atoms with Crippen molar-refractivity contribution in [3.8, 4) is 6.07 Å². The number of hydrogen-bond donors (Lipinski definition) is 3. The van der Waals surface area contributed by atoms with E-state index >= 15 is 0 Å². The maximum absolute atomic E-state index is 13.7. The Kier molecular flexibility index (Phi) is 5.04. The fourth-order valence-electron chi connectivity index (χ4n) is 2.50. The Bertz CT molecular complexity index is 978. The van der Waals surface area contributed by atoms with Crippen molar-refractivity contribution in [3.05, 3.63) is 35.5 Å². The summed E-state index contributed by atoms with van der Waals surface area (Å²) in [6.07, 6.45) is -5.41. The van der Waals surface area contributed by atoms with Crippen LogP contribution in [0, 0.1) is 11.3 Å². The maximum atomic E-state index is 13.7. The van der Waals surface area contributed by atoms with Crippen LogP contribution in [0.15, 0.2) is 40.4 Å². The first kappa shape index (κ1) is 20.4.